The number of nitrogens with one attached hydrogen (secondary N) is 1. The number of hydrogen-bond donors (Lipinski definition) is 2. The van der Waals surface area contributed by atoms with Gasteiger partial charge in [0.15, 0.2) is 5.69 Å². The number of benzene rings is 2. The molecule has 1 aromatic heterocycles. The molecule has 6 nitrogen and oxygen atoms in total. The maximum atomic E-state index is 13.9. The van der Waals surface area contributed by atoms with Gasteiger partial charge in [-0.2, -0.15) is 0 Å². The minimum atomic E-state index is -0.491. The van der Waals surface area contributed by atoms with Crippen molar-refractivity contribution in [1.82, 2.24) is 19.8 Å². The van der Waals surface area contributed by atoms with Crippen LogP contribution in [0.15, 0.2) is 60.9 Å². The molecule has 3 aromatic rings. The monoisotopic (exact) mass is 462 g/mol. The van der Waals surface area contributed by atoms with Crippen molar-refractivity contribution in [2.24, 2.45) is 0 Å². The lowest BCUT2D eigenvalue weighted by Crippen LogP contribution is -2.54. The Morgan fingerprint density at radius 2 is 1.85 bits per heavy atom. The molecule has 7 heteroatoms. The summed E-state index contributed by atoms with van der Waals surface area (Å²) in [5, 5.41) is 14.1. The molecule has 1 saturated carbocycles. The molecule has 34 heavy (non-hydrogen) atoms. The maximum Gasteiger partial charge on any atom is 0.275 e. The Labute approximate surface area is 199 Å². The fourth-order valence-electron chi connectivity index (χ4n) is 5.31. The fourth-order valence-corrected chi connectivity index (χ4v) is 5.31. The summed E-state index contributed by atoms with van der Waals surface area (Å²) >= 11 is 0. The van der Waals surface area contributed by atoms with Gasteiger partial charge in [-0.1, -0.05) is 43.2 Å². The molecular weight excluding hydrogens is 431 g/mol. The third-order valence-corrected chi connectivity index (χ3v) is 7.09. The number of aromatic nitrogens is 2. The lowest BCUT2D eigenvalue weighted by molar-refractivity contribution is 0.0629. The van der Waals surface area contributed by atoms with E-state index < -0.39 is 6.10 Å². The molecule has 0 radical (unpaired) electrons. The van der Waals surface area contributed by atoms with Crippen LogP contribution in [-0.4, -0.2) is 57.2 Å². The average molecular weight is 463 g/mol. The molecule has 2 aliphatic rings. The van der Waals surface area contributed by atoms with Crippen LogP contribution >= 0.6 is 0 Å². The summed E-state index contributed by atoms with van der Waals surface area (Å²) in [7, 11) is 0. The van der Waals surface area contributed by atoms with Gasteiger partial charge in [0.05, 0.1) is 24.2 Å². The first kappa shape index (κ1) is 22.7. The third-order valence-electron chi connectivity index (χ3n) is 7.09. The van der Waals surface area contributed by atoms with Gasteiger partial charge in [0, 0.05) is 31.2 Å². The Morgan fingerprint density at radius 3 is 2.62 bits per heavy atom. The zero-order valence-electron chi connectivity index (χ0n) is 19.2. The van der Waals surface area contributed by atoms with Gasteiger partial charge in [0.1, 0.15) is 5.82 Å². The molecule has 2 aromatic carbocycles. The highest BCUT2D eigenvalue weighted by atomic mass is 19.1. The Hall–Kier alpha value is -3.03. The van der Waals surface area contributed by atoms with Gasteiger partial charge >= 0.3 is 0 Å². The molecule has 1 aliphatic carbocycles. The number of carbonyl (C=O) groups excluding carboxylic acids is 1. The number of hydrogen-bond acceptors (Lipinski definition) is 4. The van der Waals surface area contributed by atoms with Crippen molar-refractivity contribution in [3.8, 4) is 11.3 Å². The summed E-state index contributed by atoms with van der Waals surface area (Å²) in [5.74, 6) is -0.448. The highest BCUT2D eigenvalue weighted by molar-refractivity contribution is 5.98. The molecule has 0 spiro atoms. The van der Waals surface area contributed by atoms with E-state index in [1.165, 1.54) is 17.7 Å². The van der Waals surface area contributed by atoms with Gasteiger partial charge in [-0.25, -0.2) is 9.37 Å². The second-order valence-electron chi connectivity index (χ2n) is 9.32. The minimum absolute atomic E-state index is 0.00939. The molecule has 178 valence electrons. The van der Waals surface area contributed by atoms with Crippen molar-refractivity contribution in [2.75, 3.05) is 19.6 Å². The van der Waals surface area contributed by atoms with E-state index in [9.17, 15) is 14.3 Å². The van der Waals surface area contributed by atoms with E-state index in [0.717, 1.165) is 44.2 Å². The zero-order valence-corrected chi connectivity index (χ0v) is 19.2. The minimum Gasteiger partial charge on any atom is -0.391 e. The summed E-state index contributed by atoms with van der Waals surface area (Å²) in [6.45, 7) is 2.04. The highest BCUT2D eigenvalue weighted by Gasteiger charge is 2.34. The van der Waals surface area contributed by atoms with Gasteiger partial charge in [0.25, 0.3) is 5.91 Å². The predicted octanol–water partition coefficient (Wildman–Crippen LogP) is 3.82. The number of nitrogens with zero attached hydrogens (tertiary/aromatic N) is 3. The van der Waals surface area contributed by atoms with Crippen LogP contribution in [0.3, 0.4) is 0 Å². The van der Waals surface area contributed by atoms with Crippen molar-refractivity contribution >= 4 is 5.91 Å². The summed E-state index contributed by atoms with van der Waals surface area (Å²) < 4.78 is 15.7. The molecule has 1 aliphatic heterocycles. The van der Waals surface area contributed by atoms with Crippen molar-refractivity contribution in [3.63, 3.8) is 0 Å². The van der Waals surface area contributed by atoms with E-state index in [-0.39, 0.29) is 23.8 Å². The van der Waals surface area contributed by atoms with Crippen molar-refractivity contribution in [1.29, 1.82) is 0 Å². The van der Waals surface area contributed by atoms with E-state index in [1.807, 2.05) is 27.7 Å². The van der Waals surface area contributed by atoms with Gasteiger partial charge in [-0.05, 0) is 49.1 Å². The van der Waals surface area contributed by atoms with Crippen LogP contribution in [0.25, 0.3) is 11.3 Å². The van der Waals surface area contributed by atoms with Gasteiger partial charge in [-0.15, -0.1) is 0 Å². The second-order valence-corrected chi connectivity index (χ2v) is 9.32. The van der Waals surface area contributed by atoms with Gasteiger partial charge in [0.2, 0.25) is 0 Å². The molecule has 3 atom stereocenters. The Balaban J connectivity index is 1.51. The van der Waals surface area contributed by atoms with Crippen LogP contribution in [0.5, 0.6) is 0 Å². The Bertz CT molecular complexity index is 1120. The number of imidazole rings is 1. The SMILES string of the molecule is O=C(c1ncn([C@H]2CCCC[C@@H]2O)c1-c1ccc(F)cc1)N1CCNC[C@H]1Cc1ccccc1. The zero-order chi connectivity index (χ0) is 23.5. The van der Waals surface area contributed by atoms with Crippen molar-refractivity contribution in [2.45, 2.75) is 50.3 Å². The third kappa shape index (κ3) is 4.63. The molecule has 1 saturated heterocycles. The lowest BCUT2D eigenvalue weighted by Gasteiger charge is -2.36. The first-order valence-electron chi connectivity index (χ1n) is 12.2. The van der Waals surface area contributed by atoms with Gasteiger partial charge in [-0.3, -0.25) is 4.79 Å². The van der Waals surface area contributed by atoms with E-state index in [4.69, 9.17) is 0 Å². The molecule has 2 heterocycles. The number of aliphatic hydroxyl groups is 1. The standard InChI is InChI=1S/C27H31FN4O2/c28-21-12-10-20(11-13-21)26-25(30-18-32(26)23-8-4-5-9-24(23)33)27(34)31-15-14-29-17-22(31)16-19-6-2-1-3-7-19/h1-3,6-7,10-13,18,22-24,29,33H,4-5,8-9,14-17H2/t22-,23+,24+/m1/s1. The van der Waals surface area contributed by atoms with E-state index in [0.29, 0.717) is 24.5 Å². The first-order chi connectivity index (χ1) is 16.6. The normalized spacial score (nSPS) is 23.1. The summed E-state index contributed by atoms with van der Waals surface area (Å²) in [5.41, 5.74) is 2.94. The van der Waals surface area contributed by atoms with E-state index >= 15 is 0 Å². The molecule has 0 unspecified atom stereocenters. The van der Waals surface area contributed by atoms with Crippen LogP contribution in [0.4, 0.5) is 4.39 Å². The van der Waals surface area contributed by atoms with E-state index in [2.05, 4.69) is 22.4 Å². The topological polar surface area (TPSA) is 70.4 Å². The van der Waals surface area contributed by atoms with Crippen LogP contribution in [0, 0.1) is 5.82 Å². The second kappa shape index (κ2) is 10.1. The Kier molecular flexibility index (Phi) is 6.74. The maximum absolute atomic E-state index is 13.9. The number of amides is 1. The van der Waals surface area contributed by atoms with Crippen LogP contribution in [-0.2, 0) is 6.42 Å². The van der Waals surface area contributed by atoms with Crippen molar-refractivity contribution < 1.29 is 14.3 Å². The smallest absolute Gasteiger partial charge is 0.275 e. The molecular formula is C27H31FN4O2. The lowest BCUT2D eigenvalue weighted by atomic mass is 9.92. The Morgan fingerprint density at radius 1 is 1.09 bits per heavy atom. The molecule has 5 rings (SSSR count). The molecule has 2 fully saturated rings. The van der Waals surface area contributed by atoms with Gasteiger partial charge < -0.3 is 19.9 Å². The largest absolute Gasteiger partial charge is 0.391 e. The quantitative estimate of drug-likeness (QED) is 0.605. The van der Waals surface area contributed by atoms with Crippen LogP contribution in [0.1, 0.15) is 47.8 Å². The summed E-state index contributed by atoms with van der Waals surface area (Å²) in [6.07, 6.45) is 5.51. The number of piperazine rings is 1. The average Bonchev–Trinajstić information content (AvgIpc) is 3.30. The number of aliphatic hydroxyl groups excluding tert-OH is 1. The van der Waals surface area contributed by atoms with Crippen LogP contribution < -0.4 is 5.32 Å². The van der Waals surface area contributed by atoms with E-state index in [1.54, 1.807) is 18.5 Å². The predicted molar refractivity (Wildman–Crippen MR) is 129 cm³/mol. The van der Waals surface area contributed by atoms with Crippen molar-refractivity contribution in [3.05, 3.63) is 78.0 Å². The number of halogens is 1. The fraction of sp³-hybridized carbons (Fsp3) is 0.407. The molecule has 1 amide bonds. The number of carbonyl (C=O) groups is 1. The molecule has 0 bridgehead atoms. The summed E-state index contributed by atoms with van der Waals surface area (Å²) in [6, 6.07) is 16.2. The number of rotatable bonds is 5. The summed E-state index contributed by atoms with van der Waals surface area (Å²) in [4.78, 5) is 20.4. The van der Waals surface area contributed by atoms with Crippen LogP contribution in [0.2, 0.25) is 0 Å². The first-order valence-corrected chi connectivity index (χ1v) is 12.2. The molecule has 2 N–H and O–H groups in total. The highest BCUT2D eigenvalue weighted by Crippen LogP contribution is 2.35.